The van der Waals surface area contributed by atoms with Gasteiger partial charge in [-0.2, -0.15) is 0 Å². The number of para-hydroxylation sites is 2. The molecule has 7 heteroatoms. The highest BCUT2D eigenvalue weighted by Gasteiger charge is 2.13. The number of fused-ring (bicyclic) bond motifs is 2. The minimum Gasteiger partial charge on any atom is -0.493 e. The predicted molar refractivity (Wildman–Crippen MR) is 120 cm³/mol. The molecule has 0 atom stereocenters. The monoisotopic (exact) mass is 414 g/mol. The van der Waals surface area contributed by atoms with Gasteiger partial charge in [0.05, 0.1) is 22.8 Å². The van der Waals surface area contributed by atoms with Gasteiger partial charge in [-0.1, -0.05) is 30.3 Å². The second kappa shape index (κ2) is 7.96. The van der Waals surface area contributed by atoms with Gasteiger partial charge in [0.25, 0.3) is 0 Å². The van der Waals surface area contributed by atoms with Gasteiger partial charge in [0.2, 0.25) is 0 Å². The topological polar surface area (TPSA) is 69.2 Å². The highest BCUT2D eigenvalue weighted by molar-refractivity contribution is 7.18. The van der Waals surface area contributed by atoms with E-state index < -0.39 is 0 Å². The zero-order valence-electron chi connectivity index (χ0n) is 16.2. The molecule has 0 fully saturated rings. The van der Waals surface area contributed by atoms with E-state index in [4.69, 9.17) is 9.47 Å². The summed E-state index contributed by atoms with van der Waals surface area (Å²) in [6.45, 7) is 0.357. The first kappa shape index (κ1) is 18.3. The van der Waals surface area contributed by atoms with Crippen LogP contribution in [0.4, 0.5) is 11.5 Å². The van der Waals surface area contributed by atoms with Crippen molar-refractivity contribution in [2.24, 2.45) is 0 Å². The average Bonchev–Trinajstić information content (AvgIpc) is 3.21. The molecule has 0 aliphatic carbocycles. The summed E-state index contributed by atoms with van der Waals surface area (Å²) >= 11 is 1.62. The van der Waals surface area contributed by atoms with Crippen molar-refractivity contribution in [1.29, 1.82) is 0 Å². The van der Waals surface area contributed by atoms with Crippen molar-refractivity contribution < 1.29 is 9.47 Å². The van der Waals surface area contributed by atoms with Gasteiger partial charge < -0.3 is 14.8 Å². The Morgan fingerprint density at radius 3 is 2.57 bits per heavy atom. The number of nitrogens with one attached hydrogen (secondary N) is 1. The van der Waals surface area contributed by atoms with E-state index in [1.54, 1.807) is 18.4 Å². The first-order valence-electron chi connectivity index (χ1n) is 9.42. The average molecular weight is 414 g/mol. The third kappa shape index (κ3) is 3.62. The molecule has 5 aromatic rings. The molecule has 0 saturated heterocycles. The molecule has 6 nitrogen and oxygen atoms in total. The number of rotatable bonds is 6. The standard InChI is InChI=1S/C23H18N4O2S/c1-28-19-12-18-16(23(25-14-24-18)26-15-7-3-2-4-8-15)11-20(19)29-13-22-27-17-9-5-6-10-21(17)30-22/h2-12,14H,13H2,1H3,(H,24,25,26). The molecule has 30 heavy (non-hydrogen) atoms. The zero-order valence-corrected chi connectivity index (χ0v) is 17.0. The Morgan fingerprint density at radius 2 is 1.73 bits per heavy atom. The van der Waals surface area contributed by atoms with E-state index in [2.05, 4.69) is 26.3 Å². The van der Waals surface area contributed by atoms with Gasteiger partial charge in [0.15, 0.2) is 11.5 Å². The zero-order chi connectivity index (χ0) is 20.3. The van der Waals surface area contributed by atoms with Crippen LogP contribution in [0.15, 0.2) is 73.1 Å². The molecular weight excluding hydrogens is 396 g/mol. The minimum absolute atomic E-state index is 0.357. The van der Waals surface area contributed by atoms with E-state index in [-0.39, 0.29) is 0 Å². The summed E-state index contributed by atoms with van der Waals surface area (Å²) in [5.74, 6) is 1.95. The van der Waals surface area contributed by atoms with Crippen LogP contribution >= 0.6 is 11.3 Å². The van der Waals surface area contributed by atoms with E-state index in [1.165, 1.54) is 6.33 Å². The molecule has 0 aliphatic heterocycles. The van der Waals surface area contributed by atoms with Gasteiger partial charge in [-0.15, -0.1) is 11.3 Å². The fourth-order valence-electron chi connectivity index (χ4n) is 3.22. The first-order valence-corrected chi connectivity index (χ1v) is 10.2. The van der Waals surface area contributed by atoms with Gasteiger partial charge in [-0.05, 0) is 30.3 Å². The number of nitrogens with zero attached hydrogens (tertiary/aromatic N) is 3. The van der Waals surface area contributed by atoms with Gasteiger partial charge in [-0.3, -0.25) is 0 Å². The lowest BCUT2D eigenvalue weighted by atomic mass is 10.2. The van der Waals surface area contributed by atoms with E-state index in [0.29, 0.717) is 23.9 Å². The molecule has 5 rings (SSSR count). The van der Waals surface area contributed by atoms with Crippen molar-refractivity contribution in [2.75, 3.05) is 12.4 Å². The van der Waals surface area contributed by atoms with Crippen LogP contribution in [-0.2, 0) is 6.61 Å². The van der Waals surface area contributed by atoms with Gasteiger partial charge in [0.1, 0.15) is 23.8 Å². The highest BCUT2D eigenvalue weighted by Crippen LogP contribution is 2.35. The number of thiazole rings is 1. The maximum Gasteiger partial charge on any atom is 0.162 e. The van der Waals surface area contributed by atoms with Crippen molar-refractivity contribution in [2.45, 2.75) is 6.61 Å². The fraction of sp³-hybridized carbons (Fsp3) is 0.0870. The lowest BCUT2D eigenvalue weighted by Gasteiger charge is -2.13. The van der Waals surface area contributed by atoms with Gasteiger partial charge >= 0.3 is 0 Å². The maximum atomic E-state index is 6.10. The van der Waals surface area contributed by atoms with E-state index >= 15 is 0 Å². The Labute approximate surface area is 177 Å². The molecule has 0 aliphatic rings. The van der Waals surface area contributed by atoms with Crippen molar-refractivity contribution in [3.05, 3.63) is 78.1 Å². The number of anilines is 2. The molecule has 1 N–H and O–H groups in total. The molecule has 0 radical (unpaired) electrons. The number of ether oxygens (including phenoxy) is 2. The van der Waals surface area contributed by atoms with Crippen LogP contribution in [0.25, 0.3) is 21.1 Å². The third-order valence-corrected chi connectivity index (χ3v) is 5.66. The van der Waals surface area contributed by atoms with Crippen LogP contribution in [0.5, 0.6) is 11.5 Å². The maximum absolute atomic E-state index is 6.10. The molecule has 2 aromatic heterocycles. The first-order chi connectivity index (χ1) is 14.8. The summed E-state index contributed by atoms with van der Waals surface area (Å²) in [6.07, 6.45) is 1.54. The number of hydrogen-bond acceptors (Lipinski definition) is 7. The minimum atomic E-state index is 0.357. The largest absolute Gasteiger partial charge is 0.493 e. The molecule has 3 aromatic carbocycles. The Bertz CT molecular complexity index is 1290. The van der Waals surface area contributed by atoms with Gasteiger partial charge in [0, 0.05) is 17.1 Å². The number of hydrogen-bond donors (Lipinski definition) is 1. The summed E-state index contributed by atoms with van der Waals surface area (Å²) < 4.78 is 12.8. The molecule has 0 saturated carbocycles. The van der Waals surface area contributed by atoms with Crippen LogP contribution in [-0.4, -0.2) is 22.1 Å². The summed E-state index contributed by atoms with van der Waals surface area (Å²) in [7, 11) is 1.62. The van der Waals surface area contributed by atoms with E-state index in [1.807, 2.05) is 60.7 Å². The molecule has 0 bridgehead atoms. The van der Waals surface area contributed by atoms with Crippen LogP contribution in [0.3, 0.4) is 0 Å². The second-order valence-corrected chi connectivity index (χ2v) is 7.71. The normalized spacial score (nSPS) is 11.0. The van der Waals surface area contributed by atoms with Crippen LogP contribution in [0.2, 0.25) is 0 Å². The molecule has 0 unspecified atom stereocenters. The summed E-state index contributed by atoms with van der Waals surface area (Å²) in [5.41, 5.74) is 2.70. The van der Waals surface area contributed by atoms with Gasteiger partial charge in [-0.25, -0.2) is 15.0 Å². The predicted octanol–water partition coefficient (Wildman–Crippen LogP) is 5.57. The molecular formula is C23H18N4O2S. The Kier molecular flexibility index (Phi) is 4.86. The third-order valence-electron chi connectivity index (χ3n) is 4.65. The molecule has 148 valence electrons. The summed E-state index contributed by atoms with van der Waals surface area (Å²) in [5, 5.41) is 5.10. The molecule has 0 amide bonds. The molecule has 0 spiro atoms. The second-order valence-electron chi connectivity index (χ2n) is 6.60. The quantitative estimate of drug-likeness (QED) is 0.392. The Hall–Kier alpha value is -3.71. The van der Waals surface area contributed by atoms with Crippen LogP contribution in [0, 0.1) is 0 Å². The Morgan fingerprint density at radius 1 is 0.900 bits per heavy atom. The molecule has 2 heterocycles. The summed E-state index contributed by atoms with van der Waals surface area (Å²) in [6, 6.07) is 21.7. The lowest BCUT2D eigenvalue weighted by Crippen LogP contribution is -2.00. The van der Waals surface area contributed by atoms with Crippen molar-refractivity contribution in [3.8, 4) is 11.5 Å². The Balaban J connectivity index is 1.48. The van der Waals surface area contributed by atoms with E-state index in [0.717, 1.165) is 31.8 Å². The lowest BCUT2D eigenvalue weighted by molar-refractivity contribution is 0.285. The van der Waals surface area contributed by atoms with Crippen molar-refractivity contribution in [1.82, 2.24) is 15.0 Å². The summed E-state index contributed by atoms with van der Waals surface area (Å²) in [4.78, 5) is 13.4. The van der Waals surface area contributed by atoms with Crippen LogP contribution < -0.4 is 14.8 Å². The van der Waals surface area contributed by atoms with Crippen molar-refractivity contribution >= 4 is 44.0 Å². The highest BCUT2D eigenvalue weighted by atomic mass is 32.1. The fourth-order valence-corrected chi connectivity index (χ4v) is 4.10. The smallest absolute Gasteiger partial charge is 0.162 e. The number of aromatic nitrogens is 3. The number of methoxy groups -OCH3 is 1. The van der Waals surface area contributed by atoms with Crippen LogP contribution in [0.1, 0.15) is 5.01 Å². The number of benzene rings is 3. The SMILES string of the molecule is COc1cc2ncnc(Nc3ccccc3)c2cc1OCc1nc2ccccc2s1. The van der Waals surface area contributed by atoms with E-state index in [9.17, 15) is 0 Å². The van der Waals surface area contributed by atoms with Crippen molar-refractivity contribution in [3.63, 3.8) is 0 Å².